The van der Waals surface area contributed by atoms with Crippen LogP contribution in [0.5, 0.6) is 11.5 Å². The molecular formula is C29H37FN2O2SSi. The Balaban J connectivity index is 2.06. The van der Waals surface area contributed by atoms with Crippen LogP contribution in [0.4, 0.5) is 15.9 Å². The molecule has 3 rings (SSSR count). The lowest BCUT2D eigenvalue weighted by Gasteiger charge is -2.37. The van der Waals surface area contributed by atoms with Gasteiger partial charge in [0.1, 0.15) is 31.2 Å². The molecule has 0 saturated carbocycles. The molecule has 0 N–H and O–H groups in total. The highest BCUT2D eigenvalue weighted by Crippen LogP contribution is 2.41. The fourth-order valence-corrected chi connectivity index (χ4v) is 11.0. The van der Waals surface area contributed by atoms with Gasteiger partial charge >= 0.3 is 0 Å². The fraction of sp³-hybridized carbons (Fsp3) is 0.414. The summed E-state index contributed by atoms with van der Waals surface area (Å²) < 4.78 is 24.6. The maximum absolute atomic E-state index is 13.6. The van der Waals surface area contributed by atoms with E-state index in [1.165, 1.54) is 12.1 Å². The third kappa shape index (κ3) is 6.11. The second-order valence-corrected chi connectivity index (χ2v) is 16.4. The molecule has 36 heavy (non-hydrogen) atoms. The lowest BCUT2D eigenvalue weighted by molar-refractivity contribution is 0.394. The van der Waals surface area contributed by atoms with E-state index in [1.807, 2.05) is 23.6 Å². The first kappa shape index (κ1) is 27.8. The van der Waals surface area contributed by atoms with Crippen LogP contribution in [-0.4, -0.2) is 27.3 Å². The summed E-state index contributed by atoms with van der Waals surface area (Å²) in [5.74, 6) is 5.37. The van der Waals surface area contributed by atoms with Crippen molar-refractivity contribution in [3.63, 3.8) is 0 Å². The predicted octanol–water partition coefficient (Wildman–Crippen LogP) is 8.21. The minimum Gasteiger partial charge on any atom is -0.497 e. The summed E-state index contributed by atoms with van der Waals surface area (Å²) in [6, 6.07) is 12.3. The van der Waals surface area contributed by atoms with Crippen LogP contribution in [-0.2, 0) is 6.54 Å². The minimum atomic E-state index is -1.86. The van der Waals surface area contributed by atoms with E-state index in [2.05, 4.69) is 57.9 Å². The van der Waals surface area contributed by atoms with Crippen LogP contribution in [0.3, 0.4) is 0 Å². The van der Waals surface area contributed by atoms with Crippen molar-refractivity contribution in [2.45, 2.75) is 64.7 Å². The van der Waals surface area contributed by atoms with Crippen LogP contribution in [0, 0.1) is 17.3 Å². The van der Waals surface area contributed by atoms with Crippen molar-refractivity contribution in [3.05, 3.63) is 64.2 Å². The first-order valence-electron chi connectivity index (χ1n) is 12.3. The van der Waals surface area contributed by atoms with Crippen molar-refractivity contribution >= 4 is 30.9 Å². The summed E-state index contributed by atoms with van der Waals surface area (Å²) >= 11 is 1.55. The van der Waals surface area contributed by atoms with E-state index in [4.69, 9.17) is 14.5 Å². The van der Waals surface area contributed by atoms with Crippen LogP contribution < -0.4 is 14.4 Å². The molecule has 0 aliphatic heterocycles. The summed E-state index contributed by atoms with van der Waals surface area (Å²) in [4.78, 5) is 7.01. The van der Waals surface area contributed by atoms with Crippen LogP contribution in [0.15, 0.2) is 47.8 Å². The normalized spacial score (nSPS) is 11.6. The van der Waals surface area contributed by atoms with Crippen LogP contribution >= 0.6 is 11.3 Å². The monoisotopic (exact) mass is 524 g/mol. The molecule has 0 aliphatic rings. The number of hydrogen-bond donors (Lipinski definition) is 0. The van der Waals surface area contributed by atoms with Crippen LogP contribution in [0.1, 0.15) is 52.1 Å². The molecular weight excluding hydrogens is 487 g/mol. The molecule has 0 amide bonds. The SMILES string of the molecule is COc1cc(OC)cc(N(Cc2ccc(F)cc2)c2csc(C#C[Si](C(C)C)(C(C)C)C(C)C)n2)c1. The average molecular weight is 525 g/mol. The third-order valence-corrected chi connectivity index (χ3v) is 14.0. The Bertz CT molecular complexity index is 1170. The Morgan fingerprint density at radius 1 is 0.917 bits per heavy atom. The van der Waals surface area contributed by atoms with E-state index in [1.54, 1.807) is 37.7 Å². The van der Waals surface area contributed by atoms with Crippen LogP contribution in [0.2, 0.25) is 16.6 Å². The van der Waals surface area contributed by atoms with Gasteiger partial charge in [-0.25, -0.2) is 9.37 Å². The second-order valence-electron chi connectivity index (χ2n) is 9.94. The van der Waals surface area contributed by atoms with Gasteiger partial charge in [0.25, 0.3) is 0 Å². The Morgan fingerprint density at radius 2 is 1.47 bits per heavy atom. The number of thiazole rings is 1. The van der Waals surface area contributed by atoms with Crippen molar-refractivity contribution < 1.29 is 13.9 Å². The van der Waals surface area contributed by atoms with E-state index in [0.717, 1.165) is 22.1 Å². The zero-order valence-corrected chi connectivity index (χ0v) is 24.4. The summed E-state index contributed by atoms with van der Waals surface area (Å²) in [6.07, 6.45) is 0. The molecule has 0 unspecified atom stereocenters. The topological polar surface area (TPSA) is 34.6 Å². The molecule has 4 nitrogen and oxygen atoms in total. The first-order chi connectivity index (χ1) is 17.1. The number of aromatic nitrogens is 1. The highest BCUT2D eigenvalue weighted by Gasteiger charge is 2.41. The lowest BCUT2D eigenvalue weighted by Crippen LogP contribution is -2.43. The van der Waals surface area contributed by atoms with Crippen molar-refractivity contribution in [1.82, 2.24) is 4.98 Å². The number of hydrogen-bond acceptors (Lipinski definition) is 5. The fourth-order valence-electron chi connectivity index (χ4n) is 5.07. The van der Waals surface area contributed by atoms with Gasteiger partial charge in [-0.3, -0.25) is 0 Å². The van der Waals surface area contributed by atoms with Crippen LogP contribution in [0.25, 0.3) is 0 Å². The minimum absolute atomic E-state index is 0.257. The molecule has 0 aliphatic carbocycles. The van der Waals surface area contributed by atoms with E-state index >= 15 is 0 Å². The van der Waals surface area contributed by atoms with E-state index in [9.17, 15) is 4.39 Å². The molecule has 7 heteroatoms. The second kappa shape index (κ2) is 11.9. The van der Waals surface area contributed by atoms with Gasteiger partial charge < -0.3 is 14.4 Å². The first-order valence-corrected chi connectivity index (χ1v) is 15.5. The van der Waals surface area contributed by atoms with Gasteiger partial charge in [-0.1, -0.05) is 53.7 Å². The van der Waals surface area contributed by atoms with Gasteiger partial charge in [-0.2, -0.15) is 0 Å². The maximum atomic E-state index is 13.6. The standard InChI is InChI=1S/C29H37FN2O2SSi/c1-20(2)36(21(3)4,22(5)6)14-13-29-31-28(19-35-29)32(18-23-9-11-24(30)12-10-23)25-15-26(33-7)17-27(16-25)34-8/h9-12,15-17,19-22H,18H2,1-8H3. The van der Waals surface area contributed by atoms with E-state index in [0.29, 0.717) is 34.7 Å². The molecule has 1 aromatic heterocycles. The molecule has 0 fully saturated rings. The predicted molar refractivity (Wildman–Crippen MR) is 152 cm³/mol. The number of benzene rings is 2. The maximum Gasteiger partial charge on any atom is 0.168 e. The van der Waals surface area contributed by atoms with Crippen molar-refractivity contribution in [2.24, 2.45) is 0 Å². The van der Waals surface area contributed by atoms with Gasteiger partial charge in [0.05, 0.1) is 19.9 Å². The smallest absolute Gasteiger partial charge is 0.168 e. The molecule has 3 aromatic rings. The summed E-state index contributed by atoms with van der Waals surface area (Å²) in [5, 5.41) is 2.84. The van der Waals surface area contributed by atoms with Gasteiger partial charge in [0.2, 0.25) is 0 Å². The quantitative estimate of drug-likeness (QED) is 0.209. The summed E-state index contributed by atoms with van der Waals surface area (Å²) in [7, 11) is 1.41. The third-order valence-electron chi connectivity index (χ3n) is 6.92. The van der Waals surface area contributed by atoms with Crippen molar-refractivity contribution in [1.29, 1.82) is 0 Å². The largest absolute Gasteiger partial charge is 0.497 e. The Labute approximate surface area is 220 Å². The summed E-state index contributed by atoms with van der Waals surface area (Å²) in [6.45, 7) is 14.4. The highest BCUT2D eigenvalue weighted by molar-refractivity contribution is 7.10. The number of rotatable bonds is 9. The van der Waals surface area contributed by atoms with Gasteiger partial charge in [-0.15, -0.1) is 16.9 Å². The van der Waals surface area contributed by atoms with E-state index in [-0.39, 0.29) is 5.82 Å². The number of ether oxygens (including phenoxy) is 2. The van der Waals surface area contributed by atoms with Gasteiger partial charge in [0.15, 0.2) is 5.01 Å². The number of halogens is 1. The zero-order chi connectivity index (χ0) is 26.5. The molecule has 0 atom stereocenters. The molecule has 1 heterocycles. The molecule has 0 saturated heterocycles. The Kier molecular flexibility index (Phi) is 9.21. The Morgan fingerprint density at radius 3 is 1.97 bits per heavy atom. The molecule has 0 bridgehead atoms. The van der Waals surface area contributed by atoms with Gasteiger partial charge in [-0.05, 0) is 40.2 Å². The molecule has 2 aromatic carbocycles. The lowest BCUT2D eigenvalue weighted by atomic mass is 10.2. The summed E-state index contributed by atoms with van der Waals surface area (Å²) in [5.41, 5.74) is 7.28. The number of methoxy groups -OCH3 is 2. The highest BCUT2D eigenvalue weighted by atomic mass is 32.1. The number of nitrogens with zero attached hydrogens (tertiary/aromatic N) is 2. The van der Waals surface area contributed by atoms with Crippen molar-refractivity contribution in [2.75, 3.05) is 19.1 Å². The molecule has 192 valence electrons. The average Bonchev–Trinajstić information content (AvgIpc) is 3.31. The zero-order valence-electron chi connectivity index (χ0n) is 22.6. The van der Waals surface area contributed by atoms with Crippen molar-refractivity contribution in [3.8, 4) is 23.0 Å². The molecule has 0 radical (unpaired) electrons. The van der Waals surface area contributed by atoms with E-state index < -0.39 is 8.07 Å². The number of anilines is 2. The van der Waals surface area contributed by atoms with Gasteiger partial charge in [0, 0.05) is 30.1 Å². The molecule has 0 spiro atoms. The Hall–Kier alpha value is -2.82.